The first-order valence-electron chi connectivity index (χ1n) is 7.04. The van der Waals surface area contributed by atoms with Crippen LogP contribution in [-0.2, 0) is 4.74 Å². The van der Waals surface area contributed by atoms with Gasteiger partial charge in [0.05, 0.1) is 17.6 Å². The van der Waals surface area contributed by atoms with Crippen LogP contribution in [0, 0.1) is 5.82 Å². The summed E-state index contributed by atoms with van der Waals surface area (Å²) < 4.78 is 18.1. The van der Waals surface area contributed by atoms with E-state index in [9.17, 15) is 9.18 Å². The highest BCUT2D eigenvalue weighted by atomic mass is 32.2. The van der Waals surface area contributed by atoms with Crippen molar-refractivity contribution in [1.82, 2.24) is 9.97 Å². The molecule has 0 spiro atoms. The second-order valence-corrected chi connectivity index (χ2v) is 5.70. The van der Waals surface area contributed by atoms with Gasteiger partial charge in [-0.2, -0.15) is 0 Å². The molecule has 116 valence electrons. The van der Waals surface area contributed by atoms with Crippen LogP contribution in [0.1, 0.15) is 17.4 Å². The average molecular weight is 328 g/mol. The molecule has 2 aromatic carbocycles. The molecule has 0 aliphatic heterocycles. The summed E-state index contributed by atoms with van der Waals surface area (Å²) >= 11 is 1.25. The summed E-state index contributed by atoms with van der Waals surface area (Å²) in [7, 11) is 0. The first-order valence-corrected chi connectivity index (χ1v) is 7.86. The molecule has 4 nitrogen and oxygen atoms in total. The zero-order chi connectivity index (χ0) is 16.2. The second-order valence-electron chi connectivity index (χ2n) is 4.64. The number of carbonyl (C=O) groups is 1. The molecule has 0 aliphatic carbocycles. The molecule has 0 atom stereocenters. The number of esters is 1. The standard InChI is InChI=1S/C17H13FN2O2S/c1-2-22-17(21)15-16(23-12-9-7-11(18)8-10-12)20-14-6-4-3-5-13(14)19-15/h3-10H,2H2,1H3. The van der Waals surface area contributed by atoms with Gasteiger partial charge < -0.3 is 4.74 Å². The van der Waals surface area contributed by atoms with Crippen molar-refractivity contribution in [1.29, 1.82) is 0 Å². The zero-order valence-electron chi connectivity index (χ0n) is 12.3. The number of halogens is 1. The van der Waals surface area contributed by atoms with Gasteiger partial charge in [0, 0.05) is 4.90 Å². The number of nitrogens with zero attached hydrogens (tertiary/aromatic N) is 2. The lowest BCUT2D eigenvalue weighted by Crippen LogP contribution is -2.10. The largest absolute Gasteiger partial charge is 0.461 e. The highest BCUT2D eigenvalue weighted by Crippen LogP contribution is 2.30. The van der Waals surface area contributed by atoms with Gasteiger partial charge in [0.1, 0.15) is 10.8 Å². The van der Waals surface area contributed by atoms with Crippen LogP contribution in [0.3, 0.4) is 0 Å². The van der Waals surface area contributed by atoms with Crippen LogP contribution in [-0.4, -0.2) is 22.5 Å². The Morgan fingerprint density at radius 1 is 1.09 bits per heavy atom. The summed E-state index contributed by atoms with van der Waals surface area (Å²) in [6.07, 6.45) is 0. The Labute approximate surface area is 136 Å². The molecular formula is C17H13FN2O2S. The van der Waals surface area contributed by atoms with E-state index in [0.29, 0.717) is 16.1 Å². The van der Waals surface area contributed by atoms with Crippen molar-refractivity contribution >= 4 is 28.8 Å². The number of benzene rings is 2. The van der Waals surface area contributed by atoms with E-state index >= 15 is 0 Å². The van der Waals surface area contributed by atoms with Gasteiger partial charge in [0.15, 0.2) is 5.69 Å². The van der Waals surface area contributed by atoms with Crippen LogP contribution >= 0.6 is 11.8 Å². The molecule has 0 amide bonds. The van der Waals surface area contributed by atoms with E-state index < -0.39 is 5.97 Å². The summed E-state index contributed by atoms with van der Waals surface area (Å²) in [6, 6.07) is 13.3. The third-order valence-electron chi connectivity index (χ3n) is 3.04. The number of hydrogen-bond acceptors (Lipinski definition) is 5. The van der Waals surface area contributed by atoms with Gasteiger partial charge in [0.2, 0.25) is 0 Å². The van der Waals surface area contributed by atoms with Crippen molar-refractivity contribution in [2.45, 2.75) is 16.8 Å². The lowest BCUT2D eigenvalue weighted by molar-refractivity contribution is 0.0514. The van der Waals surface area contributed by atoms with Crippen LogP contribution in [0.25, 0.3) is 11.0 Å². The highest BCUT2D eigenvalue weighted by molar-refractivity contribution is 7.99. The van der Waals surface area contributed by atoms with Crippen LogP contribution in [0.4, 0.5) is 4.39 Å². The SMILES string of the molecule is CCOC(=O)c1nc2ccccc2nc1Sc1ccc(F)cc1. The highest BCUT2D eigenvalue weighted by Gasteiger charge is 2.18. The maximum Gasteiger partial charge on any atom is 0.359 e. The van der Waals surface area contributed by atoms with Crippen molar-refractivity contribution < 1.29 is 13.9 Å². The molecule has 6 heteroatoms. The number of hydrogen-bond donors (Lipinski definition) is 0. The molecule has 1 aromatic heterocycles. The fourth-order valence-corrected chi connectivity index (χ4v) is 2.87. The summed E-state index contributed by atoms with van der Waals surface area (Å²) in [6.45, 7) is 1.99. The number of fused-ring (bicyclic) bond motifs is 1. The molecule has 23 heavy (non-hydrogen) atoms. The number of ether oxygens (including phenoxy) is 1. The predicted molar refractivity (Wildman–Crippen MR) is 86.0 cm³/mol. The second kappa shape index (κ2) is 6.75. The van der Waals surface area contributed by atoms with E-state index in [1.807, 2.05) is 18.2 Å². The van der Waals surface area contributed by atoms with Gasteiger partial charge in [-0.05, 0) is 43.3 Å². The molecule has 0 saturated carbocycles. The smallest absolute Gasteiger partial charge is 0.359 e. The summed E-state index contributed by atoms with van der Waals surface area (Å²) in [5.74, 6) is -0.833. The third-order valence-corrected chi connectivity index (χ3v) is 4.02. The maximum atomic E-state index is 13.0. The van der Waals surface area contributed by atoms with E-state index in [0.717, 1.165) is 4.90 Å². The maximum absolute atomic E-state index is 13.0. The van der Waals surface area contributed by atoms with Crippen LogP contribution in [0.5, 0.6) is 0 Å². The molecule has 0 bridgehead atoms. The first-order chi connectivity index (χ1) is 11.2. The van der Waals surface area contributed by atoms with Gasteiger partial charge in [-0.1, -0.05) is 23.9 Å². The van der Waals surface area contributed by atoms with E-state index in [2.05, 4.69) is 9.97 Å². The van der Waals surface area contributed by atoms with E-state index in [-0.39, 0.29) is 18.1 Å². The molecule has 0 unspecified atom stereocenters. The Morgan fingerprint density at radius 3 is 2.39 bits per heavy atom. The molecule has 0 fully saturated rings. The van der Waals surface area contributed by atoms with Gasteiger partial charge in [-0.3, -0.25) is 0 Å². The molecule has 0 aliphatic rings. The Bertz CT molecular complexity index is 853. The van der Waals surface area contributed by atoms with Crippen LogP contribution in [0.15, 0.2) is 58.5 Å². The number of rotatable bonds is 4. The van der Waals surface area contributed by atoms with Gasteiger partial charge in [-0.15, -0.1) is 0 Å². The molecular weight excluding hydrogens is 315 g/mol. The fraction of sp³-hybridized carbons (Fsp3) is 0.118. The topological polar surface area (TPSA) is 52.1 Å². The van der Waals surface area contributed by atoms with Crippen LogP contribution < -0.4 is 0 Å². The number of carbonyl (C=O) groups excluding carboxylic acids is 1. The number of aromatic nitrogens is 2. The van der Waals surface area contributed by atoms with E-state index in [1.165, 1.54) is 23.9 Å². The summed E-state index contributed by atoms with van der Waals surface area (Å²) in [4.78, 5) is 21.8. The van der Waals surface area contributed by atoms with E-state index in [4.69, 9.17) is 4.74 Å². The Balaban J connectivity index is 2.06. The van der Waals surface area contributed by atoms with Gasteiger partial charge in [-0.25, -0.2) is 19.2 Å². The Morgan fingerprint density at radius 2 is 1.74 bits per heavy atom. The van der Waals surface area contributed by atoms with Crippen LogP contribution in [0.2, 0.25) is 0 Å². The van der Waals surface area contributed by atoms with E-state index in [1.54, 1.807) is 25.1 Å². The normalized spacial score (nSPS) is 10.7. The minimum atomic E-state index is -0.518. The summed E-state index contributed by atoms with van der Waals surface area (Å²) in [5, 5.41) is 0.439. The quantitative estimate of drug-likeness (QED) is 0.675. The Kier molecular flexibility index (Phi) is 4.52. The van der Waals surface area contributed by atoms with Gasteiger partial charge >= 0.3 is 5.97 Å². The molecule has 1 heterocycles. The Hall–Kier alpha value is -2.47. The monoisotopic (exact) mass is 328 g/mol. The first kappa shape index (κ1) is 15.4. The molecule has 0 saturated heterocycles. The molecule has 3 aromatic rings. The minimum absolute atomic E-state index is 0.167. The zero-order valence-corrected chi connectivity index (χ0v) is 13.1. The molecule has 0 radical (unpaired) electrons. The predicted octanol–water partition coefficient (Wildman–Crippen LogP) is 4.10. The lowest BCUT2D eigenvalue weighted by Gasteiger charge is -2.08. The average Bonchev–Trinajstić information content (AvgIpc) is 2.56. The third kappa shape index (κ3) is 3.48. The summed E-state index contributed by atoms with van der Waals surface area (Å²) in [5.41, 5.74) is 1.48. The molecule has 3 rings (SSSR count). The molecule has 0 N–H and O–H groups in total. The van der Waals surface area contributed by atoms with Crippen molar-refractivity contribution in [3.05, 3.63) is 60.0 Å². The minimum Gasteiger partial charge on any atom is -0.461 e. The van der Waals surface area contributed by atoms with Crippen molar-refractivity contribution in [2.75, 3.05) is 6.61 Å². The fourth-order valence-electron chi connectivity index (χ4n) is 2.00. The lowest BCUT2D eigenvalue weighted by atomic mass is 10.3. The van der Waals surface area contributed by atoms with Crippen molar-refractivity contribution in [3.63, 3.8) is 0 Å². The van der Waals surface area contributed by atoms with Gasteiger partial charge in [0.25, 0.3) is 0 Å². The van der Waals surface area contributed by atoms with Crippen molar-refractivity contribution in [2.24, 2.45) is 0 Å². The van der Waals surface area contributed by atoms with Crippen molar-refractivity contribution in [3.8, 4) is 0 Å². The number of para-hydroxylation sites is 2.